The summed E-state index contributed by atoms with van der Waals surface area (Å²) >= 11 is 0. The Morgan fingerprint density at radius 1 is 1.00 bits per heavy atom. The van der Waals surface area contributed by atoms with Crippen LogP contribution in [0.25, 0.3) is 0 Å². The largest absolute Gasteiger partial charge is 0.494 e. The van der Waals surface area contributed by atoms with Crippen molar-refractivity contribution in [2.75, 3.05) is 6.61 Å². The van der Waals surface area contributed by atoms with Crippen LogP contribution in [0.3, 0.4) is 0 Å². The van der Waals surface area contributed by atoms with E-state index in [9.17, 15) is 0 Å². The molecule has 0 aliphatic heterocycles. The molecule has 0 aromatic heterocycles. The Bertz CT molecular complexity index is 530. The first-order valence-electron chi connectivity index (χ1n) is 7.77. The predicted molar refractivity (Wildman–Crippen MR) is 95.9 cm³/mol. The fourth-order valence-corrected chi connectivity index (χ4v) is 2.33. The van der Waals surface area contributed by atoms with Crippen LogP contribution < -0.4 is 10.1 Å². The van der Waals surface area contributed by atoms with Crippen LogP contribution in [0.1, 0.15) is 31.4 Å². The number of benzene rings is 2. The number of hydrogen-bond acceptors (Lipinski definition) is 2. The first kappa shape index (κ1) is 18.5. The number of rotatable bonds is 8. The highest BCUT2D eigenvalue weighted by Gasteiger charge is 2.03. The molecule has 2 rings (SSSR count). The Morgan fingerprint density at radius 2 is 1.73 bits per heavy atom. The van der Waals surface area contributed by atoms with E-state index in [1.807, 2.05) is 13.0 Å². The second-order valence-electron chi connectivity index (χ2n) is 5.39. The summed E-state index contributed by atoms with van der Waals surface area (Å²) in [4.78, 5) is 0. The van der Waals surface area contributed by atoms with Crippen molar-refractivity contribution in [1.82, 2.24) is 5.32 Å². The highest BCUT2D eigenvalue weighted by atomic mass is 35.5. The molecule has 0 fully saturated rings. The molecule has 2 nitrogen and oxygen atoms in total. The third kappa shape index (κ3) is 6.50. The van der Waals surface area contributed by atoms with E-state index in [2.05, 4.69) is 60.8 Å². The average molecular weight is 320 g/mol. The van der Waals surface area contributed by atoms with E-state index in [0.717, 1.165) is 25.1 Å². The Morgan fingerprint density at radius 3 is 2.45 bits per heavy atom. The number of hydrogen-bond donors (Lipinski definition) is 1. The van der Waals surface area contributed by atoms with Crippen molar-refractivity contribution in [3.8, 4) is 5.75 Å². The van der Waals surface area contributed by atoms with Gasteiger partial charge in [0.15, 0.2) is 0 Å². The van der Waals surface area contributed by atoms with Gasteiger partial charge in [-0.05, 0) is 49.9 Å². The van der Waals surface area contributed by atoms with Crippen LogP contribution in [0.4, 0.5) is 0 Å². The maximum Gasteiger partial charge on any atom is 0.119 e. The van der Waals surface area contributed by atoms with Crippen LogP contribution >= 0.6 is 12.4 Å². The van der Waals surface area contributed by atoms with Crippen LogP contribution in [0.2, 0.25) is 0 Å². The van der Waals surface area contributed by atoms with E-state index in [1.165, 1.54) is 11.1 Å². The summed E-state index contributed by atoms with van der Waals surface area (Å²) < 4.78 is 5.53. The van der Waals surface area contributed by atoms with Gasteiger partial charge in [-0.3, -0.25) is 0 Å². The van der Waals surface area contributed by atoms with Gasteiger partial charge in [0.05, 0.1) is 6.61 Å². The number of nitrogens with one attached hydrogen (secondary N) is 1. The molecule has 2 aromatic rings. The van der Waals surface area contributed by atoms with Gasteiger partial charge < -0.3 is 10.1 Å². The van der Waals surface area contributed by atoms with Gasteiger partial charge in [-0.15, -0.1) is 12.4 Å². The standard InChI is InChI=1S/C19H25NO.ClH/c1-3-21-19-11-7-10-18(14-19)15-20-16(2)12-13-17-8-5-4-6-9-17;/h4-11,14,16,20H,3,12-13,15H2,1-2H3;1H. The molecular formula is C19H26ClNO. The normalized spacial score (nSPS) is 11.5. The molecule has 0 saturated heterocycles. The van der Waals surface area contributed by atoms with Crippen molar-refractivity contribution in [3.63, 3.8) is 0 Å². The maximum absolute atomic E-state index is 5.53. The Balaban J connectivity index is 0.00000242. The first-order chi connectivity index (χ1) is 10.3. The predicted octanol–water partition coefficient (Wildman–Crippen LogP) is 4.62. The lowest BCUT2D eigenvalue weighted by Crippen LogP contribution is -2.25. The molecule has 0 amide bonds. The third-order valence-corrected chi connectivity index (χ3v) is 3.57. The van der Waals surface area contributed by atoms with Gasteiger partial charge in [0.25, 0.3) is 0 Å². The summed E-state index contributed by atoms with van der Waals surface area (Å²) in [5.74, 6) is 0.953. The zero-order valence-corrected chi connectivity index (χ0v) is 14.2. The van der Waals surface area contributed by atoms with E-state index >= 15 is 0 Å². The summed E-state index contributed by atoms with van der Waals surface area (Å²) in [6, 6.07) is 19.5. The van der Waals surface area contributed by atoms with Crippen molar-refractivity contribution < 1.29 is 4.74 Å². The molecule has 0 aliphatic carbocycles. The summed E-state index contributed by atoms with van der Waals surface area (Å²) in [5, 5.41) is 3.58. The highest BCUT2D eigenvalue weighted by molar-refractivity contribution is 5.85. The zero-order valence-electron chi connectivity index (χ0n) is 13.4. The second-order valence-corrected chi connectivity index (χ2v) is 5.39. The molecule has 22 heavy (non-hydrogen) atoms. The minimum atomic E-state index is 0. The molecule has 0 saturated carbocycles. The molecule has 3 heteroatoms. The Kier molecular flexibility index (Phi) is 8.64. The minimum Gasteiger partial charge on any atom is -0.494 e. The van der Waals surface area contributed by atoms with E-state index in [1.54, 1.807) is 0 Å². The lowest BCUT2D eigenvalue weighted by Gasteiger charge is -2.14. The molecule has 2 aromatic carbocycles. The quantitative estimate of drug-likeness (QED) is 0.766. The summed E-state index contributed by atoms with van der Waals surface area (Å²) in [6.07, 6.45) is 2.27. The molecule has 0 aliphatic rings. The van der Waals surface area contributed by atoms with Gasteiger partial charge in [0, 0.05) is 12.6 Å². The van der Waals surface area contributed by atoms with Crippen molar-refractivity contribution in [1.29, 1.82) is 0 Å². The smallest absolute Gasteiger partial charge is 0.119 e. The molecule has 0 bridgehead atoms. The van der Waals surface area contributed by atoms with E-state index in [-0.39, 0.29) is 12.4 Å². The van der Waals surface area contributed by atoms with E-state index in [4.69, 9.17) is 4.74 Å². The fourth-order valence-electron chi connectivity index (χ4n) is 2.33. The number of halogens is 1. The second kappa shape index (κ2) is 10.3. The van der Waals surface area contributed by atoms with Crippen LogP contribution in [0, 0.1) is 0 Å². The summed E-state index contributed by atoms with van der Waals surface area (Å²) in [7, 11) is 0. The Labute approximate surface area is 140 Å². The lowest BCUT2D eigenvalue weighted by molar-refractivity contribution is 0.339. The lowest BCUT2D eigenvalue weighted by atomic mass is 10.1. The van der Waals surface area contributed by atoms with Crippen molar-refractivity contribution in [2.45, 2.75) is 39.3 Å². The summed E-state index contributed by atoms with van der Waals surface area (Å²) in [5.41, 5.74) is 2.68. The van der Waals surface area contributed by atoms with Crippen molar-refractivity contribution in [3.05, 3.63) is 65.7 Å². The fraction of sp³-hybridized carbons (Fsp3) is 0.368. The molecule has 0 heterocycles. The average Bonchev–Trinajstić information content (AvgIpc) is 2.53. The number of ether oxygens (including phenoxy) is 1. The maximum atomic E-state index is 5.53. The minimum absolute atomic E-state index is 0. The number of aryl methyl sites for hydroxylation is 1. The van der Waals surface area contributed by atoms with Crippen LogP contribution in [-0.2, 0) is 13.0 Å². The molecular weight excluding hydrogens is 294 g/mol. The molecule has 0 spiro atoms. The molecule has 120 valence electrons. The van der Waals surface area contributed by atoms with Gasteiger partial charge in [0.2, 0.25) is 0 Å². The molecule has 1 atom stereocenters. The molecule has 1 N–H and O–H groups in total. The van der Waals surface area contributed by atoms with Crippen LogP contribution in [-0.4, -0.2) is 12.6 Å². The van der Waals surface area contributed by atoms with E-state index in [0.29, 0.717) is 12.6 Å². The van der Waals surface area contributed by atoms with Crippen molar-refractivity contribution in [2.24, 2.45) is 0 Å². The van der Waals surface area contributed by atoms with Gasteiger partial charge in [-0.1, -0.05) is 42.5 Å². The topological polar surface area (TPSA) is 21.3 Å². The third-order valence-electron chi connectivity index (χ3n) is 3.57. The van der Waals surface area contributed by atoms with Gasteiger partial charge >= 0.3 is 0 Å². The van der Waals surface area contributed by atoms with Gasteiger partial charge in [-0.2, -0.15) is 0 Å². The van der Waals surface area contributed by atoms with Crippen LogP contribution in [0.15, 0.2) is 54.6 Å². The SMILES string of the molecule is CCOc1cccc(CNC(C)CCc2ccccc2)c1.Cl. The van der Waals surface area contributed by atoms with Crippen molar-refractivity contribution >= 4 is 12.4 Å². The molecule has 1 unspecified atom stereocenters. The zero-order chi connectivity index (χ0) is 14.9. The molecule has 0 radical (unpaired) electrons. The first-order valence-corrected chi connectivity index (χ1v) is 7.77. The summed E-state index contributed by atoms with van der Waals surface area (Å²) in [6.45, 7) is 5.85. The van der Waals surface area contributed by atoms with Gasteiger partial charge in [0.1, 0.15) is 5.75 Å². The van der Waals surface area contributed by atoms with Crippen LogP contribution in [0.5, 0.6) is 5.75 Å². The van der Waals surface area contributed by atoms with E-state index < -0.39 is 0 Å². The van der Waals surface area contributed by atoms with Gasteiger partial charge in [-0.25, -0.2) is 0 Å². The highest BCUT2D eigenvalue weighted by Crippen LogP contribution is 2.13. The Hall–Kier alpha value is -1.51. The monoisotopic (exact) mass is 319 g/mol.